The Morgan fingerprint density at radius 3 is 2.29 bits per heavy atom. The molecule has 0 aliphatic carbocycles. The lowest BCUT2D eigenvalue weighted by atomic mass is 10.1. The number of hydrogen-bond acceptors (Lipinski definition) is 5. The number of hydrogen-bond donors (Lipinski definition) is 2. The first-order valence-electron chi connectivity index (χ1n) is 9.46. The summed E-state index contributed by atoms with van der Waals surface area (Å²) in [7, 11) is 1.25. The van der Waals surface area contributed by atoms with Crippen molar-refractivity contribution >= 4 is 45.7 Å². The minimum absolute atomic E-state index is 0.144. The van der Waals surface area contributed by atoms with Crippen molar-refractivity contribution in [3.8, 4) is 0 Å². The SMILES string of the molecule is COC(=O)c1c(NC(=O)c2ccccc2Cl)sc(C(=O)NC(C)c2ccccc2)c1C. The van der Waals surface area contributed by atoms with Crippen molar-refractivity contribution in [1.82, 2.24) is 5.32 Å². The number of carbonyl (C=O) groups is 3. The Morgan fingerprint density at radius 2 is 1.65 bits per heavy atom. The lowest BCUT2D eigenvalue weighted by Gasteiger charge is -2.14. The van der Waals surface area contributed by atoms with Crippen molar-refractivity contribution in [2.45, 2.75) is 19.9 Å². The second-order valence-corrected chi connectivity index (χ2v) is 8.22. The number of methoxy groups -OCH3 is 1. The van der Waals surface area contributed by atoms with Crippen molar-refractivity contribution < 1.29 is 19.1 Å². The number of anilines is 1. The number of halogens is 1. The van der Waals surface area contributed by atoms with E-state index >= 15 is 0 Å². The third-order valence-electron chi connectivity index (χ3n) is 4.74. The molecule has 1 atom stereocenters. The van der Waals surface area contributed by atoms with Crippen LogP contribution >= 0.6 is 22.9 Å². The lowest BCUT2D eigenvalue weighted by molar-refractivity contribution is 0.0601. The standard InChI is InChI=1S/C23H21ClN2O4S/c1-13-18(23(29)30-3)22(26-20(27)16-11-7-8-12-17(16)24)31-19(13)21(28)25-14(2)15-9-5-4-6-10-15/h4-12,14H,1-3H3,(H,25,28)(H,26,27). The molecule has 3 rings (SSSR count). The first-order chi connectivity index (χ1) is 14.8. The van der Waals surface area contributed by atoms with Gasteiger partial charge in [0.2, 0.25) is 0 Å². The number of thiophene rings is 1. The fourth-order valence-electron chi connectivity index (χ4n) is 3.07. The maximum Gasteiger partial charge on any atom is 0.341 e. The summed E-state index contributed by atoms with van der Waals surface area (Å²) in [5, 5.41) is 6.14. The molecule has 1 unspecified atom stereocenters. The van der Waals surface area contributed by atoms with Crippen LogP contribution in [0.25, 0.3) is 0 Å². The molecule has 0 radical (unpaired) electrons. The van der Waals surface area contributed by atoms with Gasteiger partial charge in [0.25, 0.3) is 11.8 Å². The molecule has 1 aromatic heterocycles. The third kappa shape index (κ3) is 4.95. The Kier molecular flexibility index (Phi) is 7.09. The van der Waals surface area contributed by atoms with E-state index in [1.165, 1.54) is 7.11 Å². The molecule has 0 saturated carbocycles. The van der Waals surface area contributed by atoms with Crippen LogP contribution in [0, 0.1) is 6.92 Å². The van der Waals surface area contributed by atoms with E-state index in [0.29, 0.717) is 10.4 Å². The molecule has 0 bridgehead atoms. The van der Waals surface area contributed by atoms with Crippen LogP contribution in [0.4, 0.5) is 5.00 Å². The Bertz CT molecular complexity index is 1130. The number of rotatable bonds is 6. The molecule has 2 N–H and O–H groups in total. The van der Waals surface area contributed by atoms with Gasteiger partial charge < -0.3 is 15.4 Å². The van der Waals surface area contributed by atoms with Crippen LogP contribution in [-0.4, -0.2) is 24.9 Å². The summed E-state index contributed by atoms with van der Waals surface area (Å²) in [4.78, 5) is 38.4. The van der Waals surface area contributed by atoms with Crippen LogP contribution in [-0.2, 0) is 4.74 Å². The number of amides is 2. The lowest BCUT2D eigenvalue weighted by Crippen LogP contribution is -2.26. The highest BCUT2D eigenvalue weighted by Gasteiger charge is 2.27. The second kappa shape index (κ2) is 9.76. The fraction of sp³-hybridized carbons (Fsp3) is 0.174. The molecule has 3 aromatic rings. The summed E-state index contributed by atoms with van der Waals surface area (Å²) in [5.74, 6) is -1.47. The minimum Gasteiger partial charge on any atom is -0.465 e. The van der Waals surface area contributed by atoms with Gasteiger partial charge in [0.05, 0.1) is 34.2 Å². The number of ether oxygens (including phenoxy) is 1. The largest absolute Gasteiger partial charge is 0.465 e. The highest BCUT2D eigenvalue weighted by atomic mass is 35.5. The van der Waals surface area contributed by atoms with E-state index < -0.39 is 11.9 Å². The molecule has 2 amide bonds. The van der Waals surface area contributed by atoms with Gasteiger partial charge in [-0.15, -0.1) is 11.3 Å². The molecule has 0 fully saturated rings. The summed E-state index contributed by atoms with van der Waals surface area (Å²) >= 11 is 7.12. The van der Waals surface area contributed by atoms with Crippen molar-refractivity contribution in [3.05, 3.63) is 86.8 Å². The second-order valence-electron chi connectivity index (χ2n) is 6.79. The predicted molar refractivity (Wildman–Crippen MR) is 122 cm³/mol. The highest BCUT2D eigenvalue weighted by molar-refractivity contribution is 7.18. The Labute approximate surface area is 189 Å². The van der Waals surface area contributed by atoms with Gasteiger partial charge in [-0.25, -0.2) is 4.79 Å². The number of esters is 1. The molecule has 2 aromatic carbocycles. The van der Waals surface area contributed by atoms with Crippen molar-refractivity contribution in [2.75, 3.05) is 12.4 Å². The first kappa shape index (κ1) is 22.5. The summed E-state index contributed by atoms with van der Waals surface area (Å²) in [6, 6.07) is 15.9. The topological polar surface area (TPSA) is 84.5 Å². The van der Waals surface area contributed by atoms with Gasteiger partial charge in [-0.2, -0.15) is 0 Å². The molecule has 0 saturated heterocycles. The Balaban J connectivity index is 1.91. The van der Waals surface area contributed by atoms with E-state index in [9.17, 15) is 14.4 Å². The summed E-state index contributed by atoms with van der Waals surface area (Å²) in [6.07, 6.45) is 0. The van der Waals surface area contributed by atoms with E-state index in [-0.39, 0.29) is 33.1 Å². The molecule has 0 aliphatic heterocycles. The summed E-state index contributed by atoms with van der Waals surface area (Å²) in [6.45, 7) is 3.52. The zero-order chi connectivity index (χ0) is 22.5. The normalized spacial score (nSPS) is 11.5. The first-order valence-corrected chi connectivity index (χ1v) is 10.7. The zero-order valence-electron chi connectivity index (χ0n) is 17.2. The van der Waals surface area contributed by atoms with E-state index in [4.69, 9.17) is 16.3 Å². The Morgan fingerprint density at radius 1 is 1.00 bits per heavy atom. The molecule has 0 spiro atoms. The molecular weight excluding hydrogens is 436 g/mol. The quantitative estimate of drug-likeness (QED) is 0.497. The molecule has 31 heavy (non-hydrogen) atoms. The molecule has 160 valence electrons. The number of carbonyl (C=O) groups excluding carboxylic acids is 3. The maximum absolute atomic E-state index is 12.9. The van der Waals surface area contributed by atoms with Crippen molar-refractivity contribution in [3.63, 3.8) is 0 Å². The molecule has 1 heterocycles. The van der Waals surface area contributed by atoms with E-state index in [1.807, 2.05) is 37.3 Å². The number of benzene rings is 2. The van der Waals surface area contributed by atoms with Crippen LogP contribution < -0.4 is 10.6 Å². The predicted octanol–water partition coefficient (Wildman–Crippen LogP) is 5.24. The van der Waals surface area contributed by atoms with Crippen LogP contribution in [0.2, 0.25) is 5.02 Å². The van der Waals surface area contributed by atoms with Gasteiger partial charge in [0.1, 0.15) is 5.00 Å². The van der Waals surface area contributed by atoms with Gasteiger partial charge in [-0.05, 0) is 37.1 Å². The van der Waals surface area contributed by atoms with E-state index in [0.717, 1.165) is 16.9 Å². The zero-order valence-corrected chi connectivity index (χ0v) is 18.8. The van der Waals surface area contributed by atoms with Gasteiger partial charge in [-0.3, -0.25) is 9.59 Å². The van der Waals surface area contributed by atoms with Crippen molar-refractivity contribution in [2.24, 2.45) is 0 Å². The summed E-state index contributed by atoms with van der Waals surface area (Å²) < 4.78 is 4.87. The minimum atomic E-state index is -0.640. The number of nitrogens with one attached hydrogen (secondary N) is 2. The van der Waals surface area contributed by atoms with Crippen LogP contribution in [0.5, 0.6) is 0 Å². The molecular formula is C23H21ClN2O4S. The van der Waals surface area contributed by atoms with E-state index in [2.05, 4.69) is 10.6 Å². The smallest absolute Gasteiger partial charge is 0.341 e. The van der Waals surface area contributed by atoms with Gasteiger partial charge in [0.15, 0.2) is 0 Å². The van der Waals surface area contributed by atoms with Gasteiger partial charge in [0, 0.05) is 0 Å². The van der Waals surface area contributed by atoms with Crippen LogP contribution in [0.3, 0.4) is 0 Å². The maximum atomic E-state index is 12.9. The summed E-state index contributed by atoms with van der Waals surface area (Å²) in [5.41, 5.74) is 1.79. The van der Waals surface area contributed by atoms with Gasteiger partial charge >= 0.3 is 5.97 Å². The van der Waals surface area contributed by atoms with Crippen LogP contribution in [0.15, 0.2) is 54.6 Å². The average molecular weight is 457 g/mol. The molecule has 8 heteroatoms. The molecule has 0 aliphatic rings. The van der Waals surface area contributed by atoms with E-state index in [1.54, 1.807) is 31.2 Å². The molecule has 6 nitrogen and oxygen atoms in total. The fourth-order valence-corrected chi connectivity index (χ4v) is 4.38. The monoisotopic (exact) mass is 456 g/mol. The highest BCUT2D eigenvalue weighted by Crippen LogP contribution is 2.34. The average Bonchev–Trinajstić information content (AvgIpc) is 3.09. The van der Waals surface area contributed by atoms with Crippen molar-refractivity contribution in [1.29, 1.82) is 0 Å². The van der Waals surface area contributed by atoms with Crippen LogP contribution in [0.1, 0.15) is 54.5 Å². The van der Waals surface area contributed by atoms with Gasteiger partial charge in [-0.1, -0.05) is 54.1 Å². The third-order valence-corrected chi connectivity index (χ3v) is 6.27. The Hall–Kier alpha value is -3.16.